The van der Waals surface area contributed by atoms with Gasteiger partial charge in [0.15, 0.2) is 0 Å². The van der Waals surface area contributed by atoms with Crippen molar-refractivity contribution in [1.29, 1.82) is 0 Å². The van der Waals surface area contributed by atoms with Crippen molar-refractivity contribution in [3.05, 3.63) is 29.8 Å². The number of rotatable bonds is 9. The van der Waals surface area contributed by atoms with Gasteiger partial charge in [0.05, 0.1) is 0 Å². The molecule has 4 heteroatoms. The van der Waals surface area contributed by atoms with Crippen molar-refractivity contribution >= 4 is 11.6 Å². The number of nitrogens with one attached hydrogen (secondary N) is 1. The third kappa shape index (κ3) is 6.57. The number of hydrogen-bond donors (Lipinski definition) is 2. The highest BCUT2D eigenvalue weighted by Gasteiger charge is 2.03. The van der Waals surface area contributed by atoms with Crippen LogP contribution in [0, 0.1) is 0 Å². The molecule has 4 nitrogen and oxygen atoms in total. The molecule has 0 aliphatic carbocycles. The first-order chi connectivity index (χ1) is 9.65. The zero-order valence-corrected chi connectivity index (χ0v) is 12.7. The van der Waals surface area contributed by atoms with Crippen LogP contribution in [0.25, 0.3) is 0 Å². The third-order valence-corrected chi connectivity index (χ3v) is 3.46. The molecule has 0 bridgehead atoms. The second kappa shape index (κ2) is 9.37. The highest BCUT2D eigenvalue weighted by Crippen LogP contribution is 2.08. The Balaban J connectivity index is 2.14. The van der Waals surface area contributed by atoms with Gasteiger partial charge >= 0.3 is 0 Å². The van der Waals surface area contributed by atoms with E-state index in [9.17, 15) is 4.79 Å². The Morgan fingerprint density at radius 3 is 2.70 bits per heavy atom. The van der Waals surface area contributed by atoms with Crippen molar-refractivity contribution in [2.45, 2.75) is 33.1 Å². The van der Waals surface area contributed by atoms with E-state index in [0.29, 0.717) is 6.42 Å². The molecule has 112 valence electrons. The molecule has 0 aliphatic rings. The first kappa shape index (κ1) is 16.5. The molecule has 0 heterocycles. The van der Waals surface area contributed by atoms with Crippen LogP contribution in [0.3, 0.4) is 0 Å². The van der Waals surface area contributed by atoms with Crippen LogP contribution in [-0.4, -0.2) is 37.0 Å². The Morgan fingerprint density at radius 2 is 2.05 bits per heavy atom. The summed E-state index contributed by atoms with van der Waals surface area (Å²) in [5.41, 5.74) is 7.58. The molecular formula is C16H27N3O. The smallest absolute Gasteiger partial charge is 0.220 e. The molecule has 0 aliphatic heterocycles. The quantitative estimate of drug-likeness (QED) is 0.536. The largest absolute Gasteiger partial charge is 0.399 e. The first-order valence-corrected chi connectivity index (χ1v) is 7.49. The van der Waals surface area contributed by atoms with Gasteiger partial charge < -0.3 is 16.0 Å². The summed E-state index contributed by atoms with van der Waals surface area (Å²) in [7, 11) is 0. The molecule has 0 saturated heterocycles. The average molecular weight is 277 g/mol. The molecule has 1 rings (SSSR count). The lowest BCUT2D eigenvalue weighted by Gasteiger charge is -2.17. The number of aryl methyl sites for hydroxylation is 1. The lowest BCUT2D eigenvalue weighted by molar-refractivity contribution is -0.121. The molecule has 20 heavy (non-hydrogen) atoms. The summed E-state index contributed by atoms with van der Waals surface area (Å²) >= 11 is 0. The fourth-order valence-electron chi connectivity index (χ4n) is 2.17. The summed E-state index contributed by atoms with van der Waals surface area (Å²) < 4.78 is 0. The third-order valence-electron chi connectivity index (χ3n) is 3.46. The maximum Gasteiger partial charge on any atom is 0.220 e. The molecule has 0 unspecified atom stereocenters. The minimum atomic E-state index is 0.118. The molecule has 1 amide bonds. The van der Waals surface area contributed by atoms with E-state index in [0.717, 1.165) is 50.3 Å². The van der Waals surface area contributed by atoms with E-state index < -0.39 is 0 Å². The number of benzene rings is 1. The van der Waals surface area contributed by atoms with Gasteiger partial charge in [0.2, 0.25) is 5.91 Å². The van der Waals surface area contributed by atoms with Crippen LogP contribution in [0.2, 0.25) is 0 Å². The first-order valence-electron chi connectivity index (χ1n) is 7.49. The Hall–Kier alpha value is -1.55. The number of carbonyl (C=O) groups is 1. The molecule has 0 saturated carbocycles. The molecular weight excluding hydrogens is 250 g/mol. The number of nitrogens with two attached hydrogens (primary N) is 1. The van der Waals surface area contributed by atoms with E-state index in [2.05, 4.69) is 24.1 Å². The van der Waals surface area contributed by atoms with Crippen LogP contribution in [0.1, 0.15) is 32.3 Å². The molecule has 1 aromatic rings. The fourth-order valence-corrected chi connectivity index (χ4v) is 2.17. The second-order valence-electron chi connectivity index (χ2n) is 4.98. The van der Waals surface area contributed by atoms with Crippen LogP contribution in [0.4, 0.5) is 5.69 Å². The van der Waals surface area contributed by atoms with Crippen molar-refractivity contribution in [1.82, 2.24) is 10.2 Å². The normalized spacial score (nSPS) is 10.8. The highest BCUT2D eigenvalue weighted by molar-refractivity contribution is 5.76. The zero-order chi connectivity index (χ0) is 14.8. The summed E-state index contributed by atoms with van der Waals surface area (Å²) in [6, 6.07) is 7.71. The van der Waals surface area contributed by atoms with Gasteiger partial charge in [-0.2, -0.15) is 0 Å². The van der Waals surface area contributed by atoms with Crippen LogP contribution in [-0.2, 0) is 11.2 Å². The predicted octanol–water partition coefficient (Wildman–Crippen LogP) is 2.05. The second-order valence-corrected chi connectivity index (χ2v) is 4.98. The van der Waals surface area contributed by atoms with Crippen molar-refractivity contribution in [2.75, 3.05) is 31.9 Å². The van der Waals surface area contributed by atoms with E-state index >= 15 is 0 Å². The standard InChI is InChI=1S/C16H27N3O/c1-3-19(4-2)12-6-11-18-16(20)10-9-14-7-5-8-15(17)13-14/h5,7-8,13H,3-4,6,9-12,17H2,1-2H3,(H,18,20). The SMILES string of the molecule is CCN(CC)CCCNC(=O)CCc1cccc(N)c1. The summed E-state index contributed by atoms with van der Waals surface area (Å²) in [4.78, 5) is 14.1. The minimum Gasteiger partial charge on any atom is -0.399 e. The Kier molecular flexibility index (Phi) is 7.73. The van der Waals surface area contributed by atoms with Crippen LogP contribution in [0.5, 0.6) is 0 Å². The van der Waals surface area contributed by atoms with Gasteiger partial charge in [-0.15, -0.1) is 0 Å². The number of nitrogens with zero attached hydrogens (tertiary/aromatic N) is 1. The fraction of sp³-hybridized carbons (Fsp3) is 0.562. The van der Waals surface area contributed by atoms with Crippen molar-refractivity contribution in [2.24, 2.45) is 0 Å². The topological polar surface area (TPSA) is 58.4 Å². The summed E-state index contributed by atoms with van der Waals surface area (Å²) in [5, 5.41) is 2.97. The maximum absolute atomic E-state index is 11.7. The average Bonchev–Trinajstić information content (AvgIpc) is 2.45. The van der Waals surface area contributed by atoms with E-state index in [1.165, 1.54) is 0 Å². The summed E-state index contributed by atoms with van der Waals surface area (Å²) in [6.07, 6.45) is 2.27. The number of anilines is 1. The van der Waals surface area contributed by atoms with Gasteiger partial charge in [-0.1, -0.05) is 26.0 Å². The van der Waals surface area contributed by atoms with Gasteiger partial charge in [0, 0.05) is 18.7 Å². The van der Waals surface area contributed by atoms with Crippen LogP contribution < -0.4 is 11.1 Å². The Labute approximate surface area is 122 Å². The van der Waals surface area contributed by atoms with Crippen LogP contribution >= 0.6 is 0 Å². The van der Waals surface area contributed by atoms with Gasteiger partial charge in [0.25, 0.3) is 0 Å². The van der Waals surface area contributed by atoms with Gasteiger partial charge in [0.1, 0.15) is 0 Å². The van der Waals surface area contributed by atoms with Crippen LogP contribution in [0.15, 0.2) is 24.3 Å². The number of amides is 1. The zero-order valence-electron chi connectivity index (χ0n) is 12.7. The predicted molar refractivity (Wildman–Crippen MR) is 84.6 cm³/mol. The summed E-state index contributed by atoms with van der Waals surface area (Å²) in [5.74, 6) is 0.118. The van der Waals surface area contributed by atoms with Crippen molar-refractivity contribution in [3.8, 4) is 0 Å². The van der Waals surface area contributed by atoms with E-state index in [4.69, 9.17) is 5.73 Å². The van der Waals surface area contributed by atoms with Gasteiger partial charge in [-0.05, 0) is 50.2 Å². The molecule has 3 N–H and O–H groups in total. The number of hydrogen-bond acceptors (Lipinski definition) is 3. The minimum absolute atomic E-state index is 0.118. The molecule has 0 fully saturated rings. The lowest BCUT2D eigenvalue weighted by Crippen LogP contribution is -2.30. The molecule has 1 aromatic carbocycles. The van der Waals surface area contributed by atoms with Gasteiger partial charge in [-0.3, -0.25) is 4.79 Å². The van der Waals surface area contributed by atoms with E-state index in [1.54, 1.807) is 0 Å². The molecule has 0 aromatic heterocycles. The van der Waals surface area contributed by atoms with E-state index in [1.807, 2.05) is 24.3 Å². The number of nitrogen functional groups attached to an aromatic ring is 1. The molecule has 0 atom stereocenters. The van der Waals surface area contributed by atoms with E-state index in [-0.39, 0.29) is 5.91 Å². The van der Waals surface area contributed by atoms with Gasteiger partial charge in [-0.25, -0.2) is 0 Å². The molecule has 0 radical (unpaired) electrons. The number of carbonyl (C=O) groups excluding carboxylic acids is 1. The van der Waals surface area contributed by atoms with Crippen molar-refractivity contribution in [3.63, 3.8) is 0 Å². The highest BCUT2D eigenvalue weighted by atomic mass is 16.1. The Bertz CT molecular complexity index is 402. The Morgan fingerprint density at radius 1 is 1.30 bits per heavy atom. The van der Waals surface area contributed by atoms with Crippen molar-refractivity contribution < 1.29 is 4.79 Å². The molecule has 0 spiro atoms. The monoisotopic (exact) mass is 277 g/mol. The maximum atomic E-state index is 11.7. The lowest BCUT2D eigenvalue weighted by atomic mass is 10.1. The summed E-state index contributed by atoms with van der Waals surface area (Å²) in [6.45, 7) is 8.26.